The van der Waals surface area contributed by atoms with E-state index in [2.05, 4.69) is 5.32 Å². The summed E-state index contributed by atoms with van der Waals surface area (Å²) in [6, 6.07) is 11.7. The van der Waals surface area contributed by atoms with Crippen LogP contribution >= 0.6 is 0 Å². The highest BCUT2D eigenvalue weighted by Gasteiger charge is 2.31. The quantitative estimate of drug-likeness (QED) is 0.816. The van der Waals surface area contributed by atoms with Gasteiger partial charge in [-0.2, -0.15) is 0 Å². The highest BCUT2D eigenvalue weighted by atomic mass is 16.4. The van der Waals surface area contributed by atoms with Gasteiger partial charge in [0.2, 0.25) is 5.91 Å². The Morgan fingerprint density at radius 3 is 2.45 bits per heavy atom. The van der Waals surface area contributed by atoms with Crippen molar-refractivity contribution in [1.82, 2.24) is 10.2 Å². The third-order valence-electron chi connectivity index (χ3n) is 5.28. The van der Waals surface area contributed by atoms with Gasteiger partial charge in [0.25, 0.3) is 5.91 Å². The molecule has 0 bridgehead atoms. The third kappa shape index (κ3) is 4.65. The van der Waals surface area contributed by atoms with Crippen molar-refractivity contribution in [2.45, 2.75) is 39.8 Å². The lowest BCUT2D eigenvalue weighted by Crippen LogP contribution is -2.52. The van der Waals surface area contributed by atoms with Crippen molar-refractivity contribution in [3.8, 4) is 0 Å². The number of carbonyl (C=O) groups excluding carboxylic acids is 2. The van der Waals surface area contributed by atoms with E-state index in [1.54, 1.807) is 29.2 Å². The number of hydrogen-bond acceptors (Lipinski definition) is 3. The summed E-state index contributed by atoms with van der Waals surface area (Å²) >= 11 is 0. The molecule has 2 N–H and O–H groups in total. The van der Waals surface area contributed by atoms with E-state index in [1.165, 1.54) is 0 Å². The van der Waals surface area contributed by atoms with Gasteiger partial charge in [-0.05, 0) is 54.7 Å². The number of hydrogen-bond donors (Lipinski definition) is 2. The van der Waals surface area contributed by atoms with Gasteiger partial charge in [-0.1, -0.05) is 37.6 Å². The van der Waals surface area contributed by atoms with Crippen LogP contribution in [0.1, 0.15) is 51.3 Å². The normalized spacial score (nSPS) is 14.3. The Kier molecular flexibility index (Phi) is 6.01. The molecule has 1 atom stereocenters. The Morgan fingerprint density at radius 2 is 1.79 bits per heavy atom. The van der Waals surface area contributed by atoms with Gasteiger partial charge in [-0.15, -0.1) is 0 Å². The largest absolute Gasteiger partial charge is 0.478 e. The number of carboxylic acids is 1. The van der Waals surface area contributed by atoms with Gasteiger partial charge in [-0.3, -0.25) is 9.59 Å². The standard InChI is InChI=1S/C23H26N2O4/c1-14(2)20(24-21(26)17-6-4-5-15(3)11-17)22(27)25-10-9-16-7-8-18(23(28)29)12-19(16)13-25/h4-8,11-12,14,20H,9-10,13H2,1-3H3,(H,24,26)(H,28,29). The summed E-state index contributed by atoms with van der Waals surface area (Å²) in [7, 11) is 0. The lowest BCUT2D eigenvalue weighted by Gasteiger charge is -2.33. The van der Waals surface area contributed by atoms with Crippen molar-refractivity contribution >= 4 is 17.8 Å². The van der Waals surface area contributed by atoms with Crippen molar-refractivity contribution in [2.24, 2.45) is 5.92 Å². The lowest BCUT2D eigenvalue weighted by atomic mass is 9.95. The second-order valence-corrected chi connectivity index (χ2v) is 7.86. The van der Waals surface area contributed by atoms with Gasteiger partial charge in [0.15, 0.2) is 0 Å². The second-order valence-electron chi connectivity index (χ2n) is 7.86. The number of fused-ring (bicyclic) bond motifs is 1. The number of carbonyl (C=O) groups is 3. The van der Waals surface area contributed by atoms with Crippen molar-refractivity contribution in [3.63, 3.8) is 0 Å². The zero-order valence-electron chi connectivity index (χ0n) is 16.9. The second kappa shape index (κ2) is 8.47. The van der Waals surface area contributed by atoms with Crippen LogP contribution < -0.4 is 5.32 Å². The molecule has 2 aromatic carbocycles. The molecule has 6 heteroatoms. The average Bonchev–Trinajstić information content (AvgIpc) is 2.70. The van der Waals surface area contributed by atoms with Crippen LogP contribution in [-0.2, 0) is 17.8 Å². The van der Waals surface area contributed by atoms with Gasteiger partial charge in [0.1, 0.15) is 6.04 Å². The highest BCUT2D eigenvalue weighted by molar-refractivity contribution is 5.97. The summed E-state index contributed by atoms with van der Waals surface area (Å²) < 4.78 is 0. The lowest BCUT2D eigenvalue weighted by molar-refractivity contribution is -0.135. The molecule has 0 radical (unpaired) electrons. The molecular weight excluding hydrogens is 368 g/mol. The van der Waals surface area contributed by atoms with Crippen molar-refractivity contribution < 1.29 is 19.5 Å². The Labute approximate surface area is 170 Å². The fraction of sp³-hybridized carbons (Fsp3) is 0.348. The first-order valence-electron chi connectivity index (χ1n) is 9.77. The van der Waals surface area contributed by atoms with Crippen LogP contribution in [0.25, 0.3) is 0 Å². The summed E-state index contributed by atoms with van der Waals surface area (Å²) in [4.78, 5) is 38.8. The van der Waals surface area contributed by atoms with Crippen LogP contribution in [0.5, 0.6) is 0 Å². The van der Waals surface area contributed by atoms with E-state index in [9.17, 15) is 19.5 Å². The Morgan fingerprint density at radius 1 is 1.03 bits per heavy atom. The minimum absolute atomic E-state index is 0.0805. The molecule has 0 aromatic heterocycles. The van der Waals surface area contributed by atoms with Gasteiger partial charge < -0.3 is 15.3 Å². The Hall–Kier alpha value is -3.15. The van der Waals surface area contributed by atoms with Gasteiger partial charge >= 0.3 is 5.97 Å². The summed E-state index contributed by atoms with van der Waals surface area (Å²) in [6.45, 7) is 6.61. The van der Waals surface area contributed by atoms with Gasteiger partial charge in [-0.25, -0.2) is 4.79 Å². The maximum atomic E-state index is 13.2. The first-order valence-corrected chi connectivity index (χ1v) is 9.77. The van der Waals surface area contributed by atoms with E-state index in [1.807, 2.05) is 39.0 Å². The molecule has 0 aliphatic carbocycles. The molecule has 2 aromatic rings. The van der Waals surface area contributed by atoms with E-state index in [0.29, 0.717) is 25.1 Å². The van der Waals surface area contributed by atoms with Crippen molar-refractivity contribution in [2.75, 3.05) is 6.54 Å². The molecule has 0 spiro atoms. The third-order valence-corrected chi connectivity index (χ3v) is 5.28. The summed E-state index contributed by atoms with van der Waals surface area (Å²) in [5.41, 5.74) is 3.62. The van der Waals surface area contributed by atoms with Crippen molar-refractivity contribution in [1.29, 1.82) is 0 Å². The summed E-state index contributed by atoms with van der Waals surface area (Å²) in [5, 5.41) is 12.1. The van der Waals surface area contributed by atoms with Crippen LogP contribution in [0.2, 0.25) is 0 Å². The first kappa shape index (κ1) is 20.6. The maximum Gasteiger partial charge on any atom is 0.335 e. The molecular formula is C23H26N2O4. The van der Waals surface area contributed by atoms with E-state index in [-0.39, 0.29) is 23.3 Å². The first-order chi connectivity index (χ1) is 13.8. The number of carboxylic acid groups (broad SMARTS) is 1. The highest BCUT2D eigenvalue weighted by Crippen LogP contribution is 2.22. The van der Waals surface area contributed by atoms with Crippen LogP contribution in [0.3, 0.4) is 0 Å². The van der Waals surface area contributed by atoms with Crippen LogP contribution in [0.4, 0.5) is 0 Å². The number of nitrogens with one attached hydrogen (secondary N) is 1. The molecule has 1 aliphatic heterocycles. The van der Waals surface area contributed by atoms with E-state index < -0.39 is 12.0 Å². The molecule has 3 rings (SSSR count). The smallest absolute Gasteiger partial charge is 0.335 e. The number of amides is 2. The predicted molar refractivity (Wildman–Crippen MR) is 110 cm³/mol. The van der Waals surface area contributed by atoms with Crippen LogP contribution in [-0.4, -0.2) is 40.4 Å². The number of aryl methyl sites for hydroxylation is 1. The molecule has 0 saturated heterocycles. The number of aromatic carboxylic acids is 1. The minimum Gasteiger partial charge on any atom is -0.478 e. The molecule has 2 amide bonds. The van der Waals surface area contributed by atoms with Gasteiger partial charge in [0, 0.05) is 18.7 Å². The minimum atomic E-state index is -0.985. The molecule has 1 unspecified atom stereocenters. The SMILES string of the molecule is Cc1cccc(C(=O)NC(C(=O)N2CCc3ccc(C(=O)O)cc3C2)C(C)C)c1. The fourth-order valence-corrected chi connectivity index (χ4v) is 3.60. The fourth-order valence-electron chi connectivity index (χ4n) is 3.60. The van der Waals surface area contributed by atoms with Crippen LogP contribution in [0.15, 0.2) is 42.5 Å². The summed E-state index contributed by atoms with van der Waals surface area (Å²) in [6.07, 6.45) is 0.664. The number of benzene rings is 2. The molecule has 6 nitrogen and oxygen atoms in total. The predicted octanol–water partition coefficient (Wildman–Crippen LogP) is 3.03. The maximum absolute atomic E-state index is 13.2. The molecule has 1 aliphatic rings. The zero-order chi connectivity index (χ0) is 21.1. The zero-order valence-corrected chi connectivity index (χ0v) is 16.9. The number of rotatable bonds is 5. The Balaban J connectivity index is 1.77. The molecule has 29 heavy (non-hydrogen) atoms. The average molecular weight is 394 g/mol. The monoisotopic (exact) mass is 394 g/mol. The number of nitrogens with zero attached hydrogens (tertiary/aromatic N) is 1. The summed E-state index contributed by atoms with van der Waals surface area (Å²) in [5.74, 6) is -1.48. The van der Waals surface area contributed by atoms with Gasteiger partial charge in [0.05, 0.1) is 5.56 Å². The topological polar surface area (TPSA) is 86.7 Å². The molecule has 0 saturated carbocycles. The molecule has 152 valence electrons. The van der Waals surface area contributed by atoms with Crippen LogP contribution in [0, 0.1) is 12.8 Å². The molecule has 0 fully saturated rings. The Bertz CT molecular complexity index is 952. The molecule has 1 heterocycles. The van der Waals surface area contributed by atoms with E-state index in [0.717, 1.165) is 16.7 Å². The van der Waals surface area contributed by atoms with Crippen molar-refractivity contribution in [3.05, 3.63) is 70.3 Å². The van der Waals surface area contributed by atoms with E-state index in [4.69, 9.17) is 0 Å². The van der Waals surface area contributed by atoms with E-state index >= 15 is 0 Å².